The Morgan fingerprint density at radius 2 is 2.17 bits per heavy atom. The summed E-state index contributed by atoms with van der Waals surface area (Å²) in [6.45, 7) is 1.15. The SMILES string of the molecule is COc1cccc(C=C2SC(=S)N(CC(=O)NCCCn3ccnc3)C2=O)c1OC. The predicted molar refractivity (Wildman–Crippen MR) is 119 cm³/mol. The number of aryl methyl sites for hydroxylation is 1. The zero-order chi connectivity index (χ0) is 21.5. The molecule has 1 aromatic carbocycles. The molecule has 3 rings (SSSR count). The number of thiocarbonyl (C=S) groups is 1. The average molecular weight is 447 g/mol. The van der Waals surface area contributed by atoms with Gasteiger partial charge in [0.05, 0.1) is 25.5 Å². The van der Waals surface area contributed by atoms with Crippen LogP contribution in [0.5, 0.6) is 11.5 Å². The molecule has 1 aliphatic heterocycles. The molecule has 1 saturated heterocycles. The highest BCUT2D eigenvalue weighted by Gasteiger charge is 2.33. The molecule has 2 aromatic rings. The van der Waals surface area contributed by atoms with Crippen molar-refractivity contribution in [3.8, 4) is 11.5 Å². The summed E-state index contributed by atoms with van der Waals surface area (Å²) in [5.74, 6) is 0.540. The van der Waals surface area contributed by atoms with Gasteiger partial charge in [-0.25, -0.2) is 4.98 Å². The normalized spacial score (nSPS) is 15.0. The van der Waals surface area contributed by atoms with E-state index in [1.54, 1.807) is 31.8 Å². The number of hydrogen-bond donors (Lipinski definition) is 1. The van der Waals surface area contributed by atoms with E-state index >= 15 is 0 Å². The van der Waals surface area contributed by atoms with E-state index in [2.05, 4.69) is 10.3 Å². The van der Waals surface area contributed by atoms with Crippen LogP contribution in [-0.2, 0) is 16.1 Å². The minimum absolute atomic E-state index is 0.109. The van der Waals surface area contributed by atoms with Crippen LogP contribution < -0.4 is 14.8 Å². The van der Waals surface area contributed by atoms with Crippen LogP contribution in [0.1, 0.15) is 12.0 Å². The van der Waals surface area contributed by atoms with Crippen LogP contribution in [0.4, 0.5) is 0 Å². The Hall–Kier alpha value is -2.85. The van der Waals surface area contributed by atoms with Crippen LogP contribution >= 0.6 is 24.0 Å². The number of nitrogens with one attached hydrogen (secondary N) is 1. The Balaban J connectivity index is 1.59. The summed E-state index contributed by atoms with van der Waals surface area (Å²) in [6.07, 6.45) is 7.76. The van der Waals surface area contributed by atoms with Gasteiger partial charge in [-0.3, -0.25) is 14.5 Å². The Morgan fingerprint density at radius 3 is 2.87 bits per heavy atom. The molecule has 0 bridgehead atoms. The van der Waals surface area contributed by atoms with E-state index in [0.717, 1.165) is 24.7 Å². The van der Waals surface area contributed by atoms with Crippen molar-refractivity contribution in [3.63, 3.8) is 0 Å². The topological polar surface area (TPSA) is 85.7 Å². The molecular formula is C20H22N4O4S2. The Morgan fingerprint density at radius 1 is 1.33 bits per heavy atom. The van der Waals surface area contributed by atoms with Crippen LogP contribution in [0.25, 0.3) is 6.08 Å². The molecule has 0 atom stereocenters. The third-order valence-corrected chi connectivity index (χ3v) is 5.75. The molecule has 1 fully saturated rings. The molecule has 0 aliphatic carbocycles. The van der Waals surface area contributed by atoms with Crippen molar-refractivity contribution in [1.82, 2.24) is 19.8 Å². The lowest BCUT2D eigenvalue weighted by Gasteiger charge is -2.14. The number of carbonyl (C=O) groups excluding carboxylic acids is 2. The molecule has 1 aliphatic rings. The summed E-state index contributed by atoms with van der Waals surface area (Å²) >= 11 is 6.47. The van der Waals surface area contributed by atoms with E-state index in [0.29, 0.717) is 32.8 Å². The number of imidazole rings is 1. The number of benzene rings is 1. The van der Waals surface area contributed by atoms with Crippen LogP contribution in [0.2, 0.25) is 0 Å². The van der Waals surface area contributed by atoms with Gasteiger partial charge in [0, 0.05) is 31.0 Å². The quantitative estimate of drug-likeness (QED) is 0.359. The average Bonchev–Trinajstić information content (AvgIpc) is 3.35. The number of hydrogen-bond acceptors (Lipinski definition) is 7. The largest absolute Gasteiger partial charge is 0.493 e. The highest BCUT2D eigenvalue weighted by molar-refractivity contribution is 8.26. The fraction of sp³-hybridized carbons (Fsp3) is 0.300. The van der Waals surface area contributed by atoms with Crippen molar-refractivity contribution in [1.29, 1.82) is 0 Å². The first-order chi connectivity index (χ1) is 14.5. The van der Waals surface area contributed by atoms with E-state index < -0.39 is 0 Å². The predicted octanol–water partition coefficient (Wildman–Crippen LogP) is 2.31. The van der Waals surface area contributed by atoms with Gasteiger partial charge in [0.1, 0.15) is 10.9 Å². The monoisotopic (exact) mass is 446 g/mol. The molecule has 1 aromatic heterocycles. The van der Waals surface area contributed by atoms with Crippen LogP contribution in [0.3, 0.4) is 0 Å². The van der Waals surface area contributed by atoms with Gasteiger partial charge in [0.25, 0.3) is 5.91 Å². The van der Waals surface area contributed by atoms with Crippen LogP contribution in [-0.4, -0.2) is 57.9 Å². The van der Waals surface area contributed by atoms with Crippen molar-refractivity contribution in [2.45, 2.75) is 13.0 Å². The Labute approximate surface area is 184 Å². The molecular weight excluding hydrogens is 424 g/mol. The number of thioether (sulfide) groups is 1. The lowest BCUT2D eigenvalue weighted by atomic mass is 10.1. The molecule has 10 heteroatoms. The molecule has 2 amide bonds. The van der Waals surface area contributed by atoms with Crippen molar-refractivity contribution < 1.29 is 19.1 Å². The molecule has 30 heavy (non-hydrogen) atoms. The summed E-state index contributed by atoms with van der Waals surface area (Å²) in [7, 11) is 3.09. The number of rotatable bonds is 9. The summed E-state index contributed by atoms with van der Waals surface area (Å²) in [4.78, 5) is 30.7. The number of ether oxygens (including phenoxy) is 2. The second-order valence-corrected chi connectivity index (χ2v) is 8.03. The van der Waals surface area contributed by atoms with Gasteiger partial charge < -0.3 is 19.4 Å². The smallest absolute Gasteiger partial charge is 0.266 e. The van der Waals surface area contributed by atoms with Gasteiger partial charge in [0.2, 0.25) is 5.91 Å². The zero-order valence-corrected chi connectivity index (χ0v) is 18.3. The minimum Gasteiger partial charge on any atom is -0.493 e. The highest BCUT2D eigenvalue weighted by atomic mass is 32.2. The second kappa shape index (κ2) is 10.3. The van der Waals surface area contributed by atoms with Gasteiger partial charge in [-0.1, -0.05) is 36.1 Å². The highest BCUT2D eigenvalue weighted by Crippen LogP contribution is 2.37. The zero-order valence-electron chi connectivity index (χ0n) is 16.7. The number of aromatic nitrogens is 2. The number of para-hydroxylation sites is 1. The van der Waals surface area contributed by atoms with Gasteiger partial charge in [-0.05, 0) is 18.6 Å². The maximum absolute atomic E-state index is 12.8. The first-order valence-corrected chi connectivity index (χ1v) is 10.4. The van der Waals surface area contributed by atoms with E-state index in [1.165, 1.54) is 12.0 Å². The van der Waals surface area contributed by atoms with E-state index in [-0.39, 0.29) is 18.4 Å². The third kappa shape index (κ3) is 5.19. The van der Waals surface area contributed by atoms with Gasteiger partial charge in [0.15, 0.2) is 11.5 Å². The third-order valence-electron chi connectivity index (χ3n) is 4.37. The van der Waals surface area contributed by atoms with E-state index in [9.17, 15) is 9.59 Å². The molecule has 0 radical (unpaired) electrons. The Bertz CT molecular complexity index is 960. The van der Waals surface area contributed by atoms with Crippen LogP contribution in [0, 0.1) is 0 Å². The van der Waals surface area contributed by atoms with E-state index in [4.69, 9.17) is 21.7 Å². The molecule has 2 heterocycles. The maximum atomic E-state index is 12.8. The summed E-state index contributed by atoms with van der Waals surface area (Å²) < 4.78 is 13.0. The van der Waals surface area contributed by atoms with Gasteiger partial charge in [-0.15, -0.1) is 0 Å². The Kier molecular flexibility index (Phi) is 7.47. The molecule has 0 unspecified atom stereocenters. The maximum Gasteiger partial charge on any atom is 0.266 e. The summed E-state index contributed by atoms with van der Waals surface area (Å²) in [6, 6.07) is 5.41. The lowest BCUT2D eigenvalue weighted by Crippen LogP contribution is -2.39. The van der Waals surface area contributed by atoms with Crippen molar-refractivity contribution in [2.24, 2.45) is 0 Å². The van der Waals surface area contributed by atoms with Crippen molar-refractivity contribution in [2.75, 3.05) is 27.3 Å². The fourth-order valence-corrected chi connectivity index (χ4v) is 4.16. The minimum atomic E-state index is -0.302. The van der Waals surface area contributed by atoms with Crippen molar-refractivity contribution >= 4 is 46.2 Å². The standard InChI is InChI=1S/C20H22N4O4S2/c1-27-15-6-3-5-14(18(15)28-2)11-16-19(26)24(20(29)30-16)12-17(25)22-7-4-9-23-10-8-21-13-23/h3,5-6,8,10-11,13H,4,7,9,12H2,1-2H3,(H,22,25). The van der Waals surface area contributed by atoms with Gasteiger partial charge in [-0.2, -0.15) is 0 Å². The molecule has 0 spiro atoms. The van der Waals surface area contributed by atoms with E-state index in [1.807, 2.05) is 22.9 Å². The lowest BCUT2D eigenvalue weighted by molar-refractivity contribution is -0.128. The molecule has 158 valence electrons. The fourth-order valence-electron chi connectivity index (χ4n) is 2.91. The summed E-state index contributed by atoms with van der Waals surface area (Å²) in [5, 5.41) is 2.82. The second-order valence-electron chi connectivity index (χ2n) is 6.35. The summed E-state index contributed by atoms with van der Waals surface area (Å²) in [5.41, 5.74) is 0.696. The molecule has 8 nitrogen and oxygen atoms in total. The number of methoxy groups -OCH3 is 2. The number of carbonyl (C=O) groups is 2. The van der Waals surface area contributed by atoms with Gasteiger partial charge >= 0.3 is 0 Å². The molecule has 0 saturated carbocycles. The van der Waals surface area contributed by atoms with Crippen LogP contribution in [0.15, 0.2) is 41.8 Å². The first kappa shape index (κ1) is 21.8. The first-order valence-electron chi connectivity index (χ1n) is 9.22. The van der Waals surface area contributed by atoms with Crippen molar-refractivity contribution in [3.05, 3.63) is 47.4 Å². The molecule has 1 N–H and O–H groups in total. The number of nitrogens with zero attached hydrogens (tertiary/aromatic N) is 3. The number of amides is 2.